The summed E-state index contributed by atoms with van der Waals surface area (Å²) in [5, 5.41) is 21.3. The molecular weight excluding hydrogens is 462 g/mol. The summed E-state index contributed by atoms with van der Waals surface area (Å²) in [5.74, 6) is 0.0714. The Kier molecular flexibility index (Phi) is 6.35. The molecule has 4 atom stereocenters. The lowest BCUT2D eigenvalue weighted by Gasteiger charge is -2.52. The summed E-state index contributed by atoms with van der Waals surface area (Å²) in [6.45, 7) is 8.01. The van der Waals surface area contributed by atoms with Gasteiger partial charge in [-0.15, -0.1) is 6.58 Å². The molecular formula is C29H34ClNO4. The van der Waals surface area contributed by atoms with Crippen LogP contribution < -0.4 is 9.64 Å². The van der Waals surface area contributed by atoms with Gasteiger partial charge in [0.15, 0.2) is 0 Å². The number of fused-ring (bicyclic) bond motifs is 3. The average molecular weight is 496 g/mol. The van der Waals surface area contributed by atoms with Crippen LogP contribution in [0.25, 0.3) is 0 Å². The summed E-state index contributed by atoms with van der Waals surface area (Å²) in [6.07, 6.45) is 7.01. The molecule has 0 aromatic heterocycles. The highest BCUT2D eigenvalue weighted by Gasteiger charge is 2.49. The molecule has 2 aromatic rings. The van der Waals surface area contributed by atoms with Crippen LogP contribution in [0.5, 0.6) is 5.75 Å². The number of anilines is 1. The fourth-order valence-corrected chi connectivity index (χ4v) is 6.68. The van der Waals surface area contributed by atoms with Crippen molar-refractivity contribution in [1.29, 1.82) is 0 Å². The second-order valence-corrected chi connectivity index (χ2v) is 11.3. The van der Waals surface area contributed by atoms with Gasteiger partial charge in [-0.05, 0) is 91.3 Å². The fraction of sp³-hybridized carbons (Fsp3) is 0.483. The topological polar surface area (TPSA) is 70.0 Å². The molecule has 2 aromatic carbocycles. The van der Waals surface area contributed by atoms with Gasteiger partial charge in [-0.1, -0.05) is 30.7 Å². The standard InChI is InChI=1S/C29H34ClNO4/c1-3-5-26(32)28(2)13-11-21(28)16-31-17-29(12-4-6-19-14-22(30)8-9-23(19)29)18-35-25-10-7-20(27(33)34)15-24(25)31/h3,7-10,14-15,21,26,32H,1,4-6,11-13,16-18H2,2H3,(H,33,34)/t21-,26-,28+,29?/m1/s1. The summed E-state index contributed by atoms with van der Waals surface area (Å²) >= 11 is 6.34. The minimum Gasteiger partial charge on any atom is -0.490 e. The highest BCUT2D eigenvalue weighted by Crippen LogP contribution is 2.52. The van der Waals surface area contributed by atoms with Crippen molar-refractivity contribution in [2.45, 2.75) is 57.0 Å². The predicted octanol–water partition coefficient (Wildman–Crippen LogP) is 5.86. The first-order valence-corrected chi connectivity index (χ1v) is 13.0. The van der Waals surface area contributed by atoms with E-state index in [1.807, 2.05) is 6.07 Å². The molecule has 0 bridgehead atoms. The van der Waals surface area contributed by atoms with Gasteiger partial charge in [0, 0.05) is 23.5 Å². The number of carboxylic acids is 1. The third kappa shape index (κ3) is 4.23. The number of ether oxygens (including phenoxy) is 1. The molecule has 6 heteroatoms. The third-order valence-corrected chi connectivity index (χ3v) is 9.08. The van der Waals surface area contributed by atoms with Crippen molar-refractivity contribution in [2.24, 2.45) is 11.3 Å². The van der Waals surface area contributed by atoms with E-state index in [1.54, 1.807) is 24.3 Å². The smallest absolute Gasteiger partial charge is 0.335 e. The molecule has 5 rings (SSSR count). The molecule has 2 aliphatic carbocycles. The van der Waals surface area contributed by atoms with Gasteiger partial charge < -0.3 is 19.8 Å². The molecule has 0 saturated heterocycles. The van der Waals surface area contributed by atoms with Crippen molar-refractivity contribution in [1.82, 2.24) is 0 Å². The molecule has 5 nitrogen and oxygen atoms in total. The summed E-state index contributed by atoms with van der Waals surface area (Å²) in [5.41, 5.74) is 3.26. The molecule has 1 spiro atoms. The van der Waals surface area contributed by atoms with E-state index in [4.69, 9.17) is 16.3 Å². The van der Waals surface area contributed by atoms with E-state index in [-0.39, 0.29) is 16.4 Å². The highest BCUT2D eigenvalue weighted by molar-refractivity contribution is 6.30. The zero-order valence-corrected chi connectivity index (χ0v) is 21.1. The highest BCUT2D eigenvalue weighted by atomic mass is 35.5. The van der Waals surface area contributed by atoms with Crippen molar-refractivity contribution in [2.75, 3.05) is 24.6 Å². The van der Waals surface area contributed by atoms with Crippen molar-refractivity contribution in [3.8, 4) is 5.75 Å². The number of carboxylic acid groups (broad SMARTS) is 1. The van der Waals surface area contributed by atoms with Crippen molar-refractivity contribution in [3.05, 3.63) is 70.8 Å². The molecule has 186 valence electrons. The molecule has 3 aliphatic rings. The lowest BCUT2D eigenvalue weighted by atomic mass is 9.57. The quantitative estimate of drug-likeness (QED) is 0.491. The van der Waals surface area contributed by atoms with Crippen molar-refractivity contribution >= 4 is 23.3 Å². The van der Waals surface area contributed by atoms with Crippen LogP contribution in [0.4, 0.5) is 5.69 Å². The molecule has 1 unspecified atom stereocenters. The first-order chi connectivity index (χ1) is 16.8. The van der Waals surface area contributed by atoms with Crippen LogP contribution in [0.2, 0.25) is 5.02 Å². The van der Waals surface area contributed by atoms with E-state index in [0.29, 0.717) is 18.9 Å². The van der Waals surface area contributed by atoms with Gasteiger partial charge in [0.05, 0.1) is 24.0 Å². The number of rotatable bonds is 6. The summed E-state index contributed by atoms with van der Waals surface area (Å²) in [4.78, 5) is 14.1. The van der Waals surface area contributed by atoms with Crippen LogP contribution in [0.3, 0.4) is 0 Å². The number of aliphatic hydroxyl groups is 1. The van der Waals surface area contributed by atoms with Crippen LogP contribution in [-0.2, 0) is 11.8 Å². The Balaban J connectivity index is 1.55. The van der Waals surface area contributed by atoms with Crippen LogP contribution in [0.1, 0.15) is 60.5 Å². The Morgan fingerprint density at radius 2 is 2.14 bits per heavy atom. The largest absolute Gasteiger partial charge is 0.490 e. The van der Waals surface area contributed by atoms with Crippen LogP contribution in [0, 0.1) is 11.3 Å². The van der Waals surface area contributed by atoms with Gasteiger partial charge in [0.1, 0.15) is 5.75 Å². The molecule has 1 saturated carbocycles. The van der Waals surface area contributed by atoms with Crippen LogP contribution >= 0.6 is 11.6 Å². The summed E-state index contributed by atoms with van der Waals surface area (Å²) in [7, 11) is 0. The lowest BCUT2D eigenvalue weighted by molar-refractivity contribution is -0.0695. The number of carbonyl (C=O) groups is 1. The van der Waals surface area contributed by atoms with Crippen molar-refractivity contribution < 1.29 is 19.7 Å². The van der Waals surface area contributed by atoms with E-state index >= 15 is 0 Å². The predicted molar refractivity (Wildman–Crippen MR) is 139 cm³/mol. The maximum atomic E-state index is 11.8. The Bertz CT molecular complexity index is 1150. The van der Waals surface area contributed by atoms with Gasteiger partial charge in [-0.25, -0.2) is 4.79 Å². The number of hydrogen-bond acceptors (Lipinski definition) is 4. The number of benzene rings is 2. The maximum Gasteiger partial charge on any atom is 0.335 e. The lowest BCUT2D eigenvalue weighted by Crippen LogP contribution is -2.53. The third-order valence-electron chi connectivity index (χ3n) is 8.84. The fourth-order valence-electron chi connectivity index (χ4n) is 6.48. The average Bonchev–Trinajstić information content (AvgIpc) is 2.98. The SMILES string of the molecule is C=CC[C@@H](O)[C@@]1(C)CC[C@@H]1CN1CC2(CCCc3cc(Cl)ccc32)COc2ccc(C(=O)O)cc21. The van der Waals surface area contributed by atoms with E-state index in [1.165, 1.54) is 11.1 Å². The zero-order valence-electron chi connectivity index (χ0n) is 20.3. The molecule has 0 amide bonds. The molecule has 1 heterocycles. The van der Waals surface area contributed by atoms with E-state index in [2.05, 4.69) is 30.5 Å². The summed E-state index contributed by atoms with van der Waals surface area (Å²) < 4.78 is 6.43. The van der Waals surface area contributed by atoms with Crippen LogP contribution in [0.15, 0.2) is 49.1 Å². The molecule has 35 heavy (non-hydrogen) atoms. The molecule has 0 radical (unpaired) electrons. The number of halogens is 1. The molecule has 1 aliphatic heterocycles. The number of hydrogen-bond donors (Lipinski definition) is 2. The first-order valence-electron chi connectivity index (χ1n) is 12.6. The first kappa shape index (κ1) is 24.2. The second-order valence-electron chi connectivity index (χ2n) is 10.9. The van der Waals surface area contributed by atoms with Gasteiger partial charge in [-0.3, -0.25) is 0 Å². The Labute approximate surface area is 212 Å². The normalized spacial score (nSPS) is 28.2. The summed E-state index contributed by atoms with van der Waals surface area (Å²) in [6, 6.07) is 11.4. The van der Waals surface area contributed by atoms with Crippen LogP contribution in [-0.4, -0.2) is 42.0 Å². The monoisotopic (exact) mass is 495 g/mol. The second kappa shape index (κ2) is 9.18. The number of aryl methyl sites for hydroxylation is 1. The Morgan fingerprint density at radius 3 is 2.86 bits per heavy atom. The number of aromatic carboxylic acids is 1. The maximum absolute atomic E-state index is 11.8. The molecule has 1 fully saturated rings. The number of nitrogens with zero attached hydrogens (tertiary/aromatic N) is 1. The Hall–Kier alpha value is -2.50. The van der Waals surface area contributed by atoms with Crippen molar-refractivity contribution in [3.63, 3.8) is 0 Å². The van der Waals surface area contributed by atoms with Gasteiger partial charge >= 0.3 is 5.97 Å². The van der Waals surface area contributed by atoms with Gasteiger partial charge in [-0.2, -0.15) is 0 Å². The van der Waals surface area contributed by atoms with E-state index < -0.39 is 12.1 Å². The van der Waals surface area contributed by atoms with Gasteiger partial charge in [0.25, 0.3) is 0 Å². The molecule has 2 N–H and O–H groups in total. The Morgan fingerprint density at radius 1 is 1.31 bits per heavy atom. The zero-order chi connectivity index (χ0) is 24.8. The van der Waals surface area contributed by atoms with E-state index in [9.17, 15) is 15.0 Å². The number of aliphatic hydroxyl groups excluding tert-OH is 1. The minimum absolute atomic E-state index is 0.183. The van der Waals surface area contributed by atoms with E-state index in [0.717, 1.165) is 61.7 Å². The van der Waals surface area contributed by atoms with Gasteiger partial charge in [0.2, 0.25) is 0 Å². The minimum atomic E-state index is -0.945.